The molecule has 0 radical (unpaired) electrons. The van der Waals surface area contributed by atoms with Crippen LogP contribution in [0, 0.1) is 0 Å². The van der Waals surface area contributed by atoms with Crippen LogP contribution in [0.1, 0.15) is 18.4 Å². The number of oxime groups is 1. The number of hydrogen-bond acceptors (Lipinski definition) is 5. The summed E-state index contributed by atoms with van der Waals surface area (Å²) in [6, 6.07) is 1.79. The molecule has 17 heavy (non-hydrogen) atoms. The highest BCUT2D eigenvalue weighted by Crippen LogP contribution is 2.27. The lowest BCUT2D eigenvalue weighted by molar-refractivity contribution is 0.266. The van der Waals surface area contributed by atoms with Gasteiger partial charge in [0.2, 0.25) is 0 Å². The zero-order valence-corrected chi connectivity index (χ0v) is 9.45. The molecule has 1 aliphatic rings. The van der Waals surface area contributed by atoms with E-state index in [4.69, 9.17) is 10.9 Å². The molecule has 2 rings (SSSR count). The zero-order valence-electron chi connectivity index (χ0n) is 9.45. The van der Waals surface area contributed by atoms with E-state index in [-0.39, 0.29) is 18.5 Å². The van der Waals surface area contributed by atoms with Gasteiger partial charge in [0.05, 0.1) is 24.5 Å². The summed E-state index contributed by atoms with van der Waals surface area (Å²) in [6.45, 7) is 0.952. The number of amidine groups is 1. The molecule has 1 fully saturated rings. The van der Waals surface area contributed by atoms with Crippen molar-refractivity contribution in [2.24, 2.45) is 10.9 Å². The van der Waals surface area contributed by atoms with Crippen LogP contribution in [0.2, 0.25) is 0 Å². The van der Waals surface area contributed by atoms with E-state index in [9.17, 15) is 5.11 Å². The second-order valence-corrected chi connectivity index (χ2v) is 4.05. The van der Waals surface area contributed by atoms with Crippen molar-refractivity contribution in [1.29, 1.82) is 0 Å². The maximum atomic E-state index is 9.31. The molecule has 1 aliphatic heterocycles. The van der Waals surface area contributed by atoms with Crippen LogP contribution in [0.3, 0.4) is 0 Å². The molecule has 0 aromatic carbocycles. The fraction of sp³-hybridized carbons (Fsp3) is 0.455. The van der Waals surface area contributed by atoms with E-state index in [1.165, 1.54) is 0 Å². The third-order valence-corrected chi connectivity index (χ3v) is 3.08. The first-order valence-electron chi connectivity index (χ1n) is 5.57. The molecule has 0 amide bonds. The summed E-state index contributed by atoms with van der Waals surface area (Å²) in [5.41, 5.74) is 7.08. The second kappa shape index (κ2) is 5.01. The number of pyridine rings is 1. The van der Waals surface area contributed by atoms with Crippen molar-refractivity contribution >= 4 is 11.5 Å². The number of aliphatic hydroxyl groups is 1. The Morgan fingerprint density at radius 1 is 1.65 bits per heavy atom. The minimum Gasteiger partial charge on any atom is -0.409 e. The van der Waals surface area contributed by atoms with E-state index < -0.39 is 0 Å². The fourth-order valence-corrected chi connectivity index (χ4v) is 2.23. The average molecular weight is 236 g/mol. The summed E-state index contributed by atoms with van der Waals surface area (Å²) in [4.78, 5) is 6.12. The van der Waals surface area contributed by atoms with Crippen molar-refractivity contribution in [2.45, 2.75) is 18.9 Å². The maximum Gasteiger partial charge on any atom is 0.172 e. The monoisotopic (exact) mass is 236 g/mol. The lowest BCUT2D eigenvalue weighted by atomic mass is 10.1. The Bertz CT molecular complexity index is 422. The minimum absolute atomic E-state index is 0.0611. The van der Waals surface area contributed by atoms with Crippen LogP contribution in [0.15, 0.2) is 23.6 Å². The second-order valence-electron chi connectivity index (χ2n) is 4.05. The van der Waals surface area contributed by atoms with Gasteiger partial charge in [-0.25, -0.2) is 0 Å². The fourth-order valence-electron chi connectivity index (χ4n) is 2.23. The van der Waals surface area contributed by atoms with Gasteiger partial charge in [-0.1, -0.05) is 5.16 Å². The summed E-state index contributed by atoms with van der Waals surface area (Å²) < 4.78 is 0. The van der Waals surface area contributed by atoms with Gasteiger partial charge in [-0.15, -0.1) is 0 Å². The maximum absolute atomic E-state index is 9.31. The molecule has 0 bridgehead atoms. The number of nitrogens with two attached hydrogens (primary N) is 1. The largest absolute Gasteiger partial charge is 0.409 e. The molecule has 1 saturated heterocycles. The molecule has 1 unspecified atom stereocenters. The molecule has 0 saturated carbocycles. The Hall–Kier alpha value is -1.82. The number of nitrogens with zero attached hydrogens (tertiary/aromatic N) is 3. The Kier molecular flexibility index (Phi) is 3.43. The molecule has 6 heteroatoms. The van der Waals surface area contributed by atoms with E-state index in [1.807, 2.05) is 0 Å². The third-order valence-electron chi connectivity index (χ3n) is 3.08. The number of rotatable bonds is 3. The Balaban J connectivity index is 2.38. The van der Waals surface area contributed by atoms with Crippen molar-refractivity contribution in [2.75, 3.05) is 18.1 Å². The van der Waals surface area contributed by atoms with Crippen molar-refractivity contribution in [3.05, 3.63) is 24.0 Å². The number of anilines is 1. The molecule has 1 atom stereocenters. The van der Waals surface area contributed by atoms with Crippen molar-refractivity contribution < 1.29 is 10.3 Å². The lowest BCUT2D eigenvalue weighted by Gasteiger charge is -2.26. The lowest BCUT2D eigenvalue weighted by Crippen LogP contribution is -2.34. The average Bonchev–Trinajstić information content (AvgIpc) is 2.86. The van der Waals surface area contributed by atoms with Crippen LogP contribution in [0.5, 0.6) is 0 Å². The predicted octanol–water partition coefficient (Wildman–Crippen LogP) is 0.137. The summed E-state index contributed by atoms with van der Waals surface area (Å²) >= 11 is 0. The standard InChI is InChI=1S/C11H16N4O2/c12-11(14-17)9-3-4-13-6-10(9)15-5-1-2-8(15)7-16/h3-4,6,8,16-17H,1-2,5,7H2,(H2,12,14). The first kappa shape index (κ1) is 11.7. The molecule has 0 aliphatic carbocycles. The van der Waals surface area contributed by atoms with Gasteiger partial charge in [-0.05, 0) is 18.9 Å². The van der Waals surface area contributed by atoms with Crippen LogP contribution in [0.4, 0.5) is 5.69 Å². The first-order valence-corrected chi connectivity index (χ1v) is 5.57. The highest BCUT2D eigenvalue weighted by molar-refractivity contribution is 6.02. The van der Waals surface area contributed by atoms with E-state index in [0.29, 0.717) is 5.56 Å². The quantitative estimate of drug-likeness (QED) is 0.300. The van der Waals surface area contributed by atoms with Gasteiger partial charge in [0.1, 0.15) is 0 Å². The molecule has 2 heterocycles. The van der Waals surface area contributed by atoms with Crippen LogP contribution >= 0.6 is 0 Å². The SMILES string of the molecule is N/C(=N/O)c1ccncc1N1CCCC1CO. The van der Waals surface area contributed by atoms with Crippen LogP contribution < -0.4 is 10.6 Å². The molecule has 1 aromatic heterocycles. The molecule has 0 spiro atoms. The normalized spacial score (nSPS) is 20.9. The molecule has 1 aromatic rings. The van der Waals surface area contributed by atoms with Gasteiger partial charge in [0, 0.05) is 18.3 Å². The predicted molar refractivity (Wildman–Crippen MR) is 64.2 cm³/mol. The Labute approximate surface area is 99.4 Å². The van der Waals surface area contributed by atoms with E-state index >= 15 is 0 Å². The summed E-state index contributed by atoms with van der Waals surface area (Å²) in [6.07, 6.45) is 5.25. The number of aliphatic hydroxyl groups excluding tert-OH is 1. The van der Waals surface area contributed by atoms with E-state index in [1.54, 1.807) is 18.5 Å². The van der Waals surface area contributed by atoms with E-state index in [2.05, 4.69) is 15.0 Å². The van der Waals surface area contributed by atoms with Crippen LogP contribution in [0.25, 0.3) is 0 Å². The summed E-state index contributed by atoms with van der Waals surface area (Å²) in [5.74, 6) is 0.0611. The first-order chi connectivity index (χ1) is 8.27. The molecular weight excluding hydrogens is 220 g/mol. The van der Waals surface area contributed by atoms with Crippen molar-refractivity contribution in [1.82, 2.24) is 4.98 Å². The number of hydrogen-bond donors (Lipinski definition) is 3. The van der Waals surface area contributed by atoms with Crippen molar-refractivity contribution in [3.8, 4) is 0 Å². The molecule has 6 nitrogen and oxygen atoms in total. The molecular formula is C11H16N4O2. The summed E-state index contributed by atoms with van der Waals surface area (Å²) in [5, 5.41) is 21.1. The van der Waals surface area contributed by atoms with Gasteiger partial charge < -0.3 is 20.9 Å². The van der Waals surface area contributed by atoms with Crippen molar-refractivity contribution in [3.63, 3.8) is 0 Å². The minimum atomic E-state index is 0.0611. The van der Waals surface area contributed by atoms with Crippen LogP contribution in [-0.2, 0) is 0 Å². The Morgan fingerprint density at radius 3 is 3.18 bits per heavy atom. The van der Waals surface area contributed by atoms with Gasteiger partial charge >= 0.3 is 0 Å². The van der Waals surface area contributed by atoms with Gasteiger partial charge in [-0.2, -0.15) is 0 Å². The third kappa shape index (κ3) is 2.16. The highest BCUT2D eigenvalue weighted by Gasteiger charge is 2.26. The number of aromatic nitrogens is 1. The van der Waals surface area contributed by atoms with Gasteiger partial charge in [0.15, 0.2) is 5.84 Å². The molecule has 92 valence electrons. The topological polar surface area (TPSA) is 95.0 Å². The van der Waals surface area contributed by atoms with Gasteiger partial charge in [-0.3, -0.25) is 4.98 Å². The van der Waals surface area contributed by atoms with Gasteiger partial charge in [0.25, 0.3) is 0 Å². The molecule has 4 N–H and O–H groups in total. The Morgan fingerprint density at radius 2 is 2.47 bits per heavy atom. The van der Waals surface area contributed by atoms with E-state index in [0.717, 1.165) is 25.1 Å². The highest BCUT2D eigenvalue weighted by atomic mass is 16.4. The van der Waals surface area contributed by atoms with Crippen LogP contribution in [-0.4, -0.2) is 40.3 Å². The summed E-state index contributed by atoms with van der Waals surface area (Å²) in [7, 11) is 0. The zero-order chi connectivity index (χ0) is 12.3. The smallest absolute Gasteiger partial charge is 0.172 e.